The van der Waals surface area contributed by atoms with Crippen LogP contribution in [0.3, 0.4) is 0 Å². The van der Waals surface area contributed by atoms with Gasteiger partial charge in [-0.15, -0.1) is 0 Å². The second-order valence-electron chi connectivity index (χ2n) is 11.8. The number of carbonyl (C=O) groups excluding carboxylic acids is 3. The normalized spacial score (nSPS) is 21.4. The van der Waals surface area contributed by atoms with Crippen molar-refractivity contribution in [2.24, 2.45) is 17.8 Å². The number of rotatable bonds is 5. The monoisotopic (exact) mass is 543 g/mol. The highest BCUT2D eigenvalue weighted by atomic mass is 16.2. The minimum atomic E-state index is -0.395. The molecule has 3 aromatic rings. The SMILES string of the molecule is CC(C)C1CCC(C(=O)N2CCC(n3cc(NC(=O)c4cc5n(n4)Cc4ccccc4NC5=O)cn3)CC2)CC1. The van der Waals surface area contributed by atoms with E-state index < -0.39 is 5.91 Å². The van der Waals surface area contributed by atoms with Crippen LogP contribution in [0.5, 0.6) is 0 Å². The molecule has 210 valence electrons. The fourth-order valence-corrected chi connectivity index (χ4v) is 6.40. The first-order valence-electron chi connectivity index (χ1n) is 14.5. The number of nitrogens with zero attached hydrogens (tertiary/aromatic N) is 5. The third-order valence-electron chi connectivity index (χ3n) is 8.90. The second kappa shape index (κ2) is 10.9. The van der Waals surface area contributed by atoms with E-state index in [4.69, 9.17) is 0 Å². The van der Waals surface area contributed by atoms with Crippen LogP contribution in [0.1, 0.15) is 85.0 Å². The van der Waals surface area contributed by atoms with E-state index in [2.05, 4.69) is 34.7 Å². The van der Waals surface area contributed by atoms with Crippen molar-refractivity contribution in [3.63, 3.8) is 0 Å². The van der Waals surface area contributed by atoms with Gasteiger partial charge < -0.3 is 15.5 Å². The first-order valence-corrected chi connectivity index (χ1v) is 14.5. The Labute approximate surface area is 234 Å². The predicted octanol–water partition coefficient (Wildman–Crippen LogP) is 4.57. The molecule has 3 aliphatic rings. The van der Waals surface area contributed by atoms with Gasteiger partial charge >= 0.3 is 0 Å². The summed E-state index contributed by atoms with van der Waals surface area (Å²) in [5.74, 6) is 1.27. The van der Waals surface area contributed by atoms with Gasteiger partial charge in [0.1, 0.15) is 5.69 Å². The van der Waals surface area contributed by atoms with Gasteiger partial charge in [-0.3, -0.25) is 23.7 Å². The van der Waals surface area contributed by atoms with Gasteiger partial charge in [-0.2, -0.15) is 10.2 Å². The van der Waals surface area contributed by atoms with E-state index in [1.54, 1.807) is 10.9 Å². The van der Waals surface area contributed by atoms with Crippen molar-refractivity contribution in [2.75, 3.05) is 23.7 Å². The third kappa shape index (κ3) is 5.26. The number of hydrogen-bond acceptors (Lipinski definition) is 5. The molecule has 4 heterocycles. The summed E-state index contributed by atoms with van der Waals surface area (Å²) in [6.07, 6.45) is 9.50. The highest BCUT2D eigenvalue weighted by Crippen LogP contribution is 2.35. The van der Waals surface area contributed by atoms with Crippen LogP contribution in [0.15, 0.2) is 42.7 Å². The molecule has 1 saturated carbocycles. The molecule has 6 rings (SSSR count). The third-order valence-corrected chi connectivity index (χ3v) is 8.90. The molecule has 2 aromatic heterocycles. The Morgan fingerprint density at radius 3 is 2.55 bits per heavy atom. The fourth-order valence-electron chi connectivity index (χ4n) is 6.40. The summed E-state index contributed by atoms with van der Waals surface area (Å²) in [7, 11) is 0. The lowest BCUT2D eigenvalue weighted by Crippen LogP contribution is -2.43. The maximum Gasteiger partial charge on any atom is 0.276 e. The van der Waals surface area contributed by atoms with E-state index in [9.17, 15) is 14.4 Å². The number of benzene rings is 1. The molecule has 0 bridgehead atoms. The molecule has 1 aromatic carbocycles. The zero-order valence-corrected chi connectivity index (χ0v) is 23.2. The van der Waals surface area contributed by atoms with Crippen LogP contribution in [-0.4, -0.2) is 55.3 Å². The maximum absolute atomic E-state index is 13.1. The first kappa shape index (κ1) is 26.3. The molecule has 0 spiro atoms. The number of piperidine rings is 1. The molecule has 2 N–H and O–H groups in total. The van der Waals surface area contributed by atoms with E-state index in [-0.39, 0.29) is 23.6 Å². The Kier molecular flexibility index (Phi) is 7.16. The van der Waals surface area contributed by atoms with Crippen LogP contribution in [0, 0.1) is 17.8 Å². The Balaban J connectivity index is 1.03. The van der Waals surface area contributed by atoms with Crippen LogP contribution < -0.4 is 10.6 Å². The lowest BCUT2D eigenvalue weighted by atomic mass is 9.76. The molecular formula is C30H37N7O3. The fraction of sp³-hybridized carbons (Fsp3) is 0.500. The molecule has 2 fully saturated rings. The van der Waals surface area contributed by atoms with Gasteiger partial charge in [-0.1, -0.05) is 32.0 Å². The maximum atomic E-state index is 13.1. The molecule has 1 saturated heterocycles. The van der Waals surface area contributed by atoms with E-state index in [1.165, 1.54) is 6.07 Å². The highest BCUT2D eigenvalue weighted by Gasteiger charge is 2.33. The van der Waals surface area contributed by atoms with E-state index >= 15 is 0 Å². The number of likely N-dealkylation sites (tertiary alicyclic amines) is 1. The van der Waals surface area contributed by atoms with E-state index in [0.29, 0.717) is 29.8 Å². The number of amides is 3. The molecule has 10 heteroatoms. The summed E-state index contributed by atoms with van der Waals surface area (Å²) < 4.78 is 3.45. The molecule has 2 aliphatic heterocycles. The summed E-state index contributed by atoms with van der Waals surface area (Å²) in [4.78, 5) is 40.8. The van der Waals surface area contributed by atoms with Crippen molar-refractivity contribution in [1.82, 2.24) is 24.5 Å². The van der Waals surface area contributed by atoms with Crippen molar-refractivity contribution in [1.29, 1.82) is 0 Å². The zero-order valence-electron chi connectivity index (χ0n) is 23.2. The topological polar surface area (TPSA) is 114 Å². The van der Waals surface area contributed by atoms with Crippen molar-refractivity contribution in [2.45, 2.75) is 65.0 Å². The molecule has 1 aliphatic carbocycles. The van der Waals surface area contributed by atoms with Gasteiger partial charge in [0.25, 0.3) is 11.8 Å². The van der Waals surface area contributed by atoms with Crippen LogP contribution >= 0.6 is 0 Å². The zero-order chi connectivity index (χ0) is 27.8. The summed E-state index contributed by atoms with van der Waals surface area (Å²) >= 11 is 0. The van der Waals surface area contributed by atoms with Gasteiger partial charge in [0.15, 0.2) is 5.69 Å². The van der Waals surface area contributed by atoms with Crippen LogP contribution in [0.2, 0.25) is 0 Å². The Bertz CT molecular complexity index is 1410. The van der Waals surface area contributed by atoms with Crippen LogP contribution in [0.25, 0.3) is 0 Å². The molecular weight excluding hydrogens is 506 g/mol. The van der Waals surface area contributed by atoms with Crippen molar-refractivity contribution >= 4 is 29.1 Å². The number of anilines is 2. The number of para-hydroxylation sites is 1. The number of hydrogen-bond donors (Lipinski definition) is 2. The molecule has 3 amide bonds. The van der Waals surface area contributed by atoms with Gasteiger partial charge in [0, 0.05) is 37.0 Å². The molecule has 0 atom stereocenters. The quantitative estimate of drug-likeness (QED) is 0.489. The minimum Gasteiger partial charge on any atom is -0.342 e. The summed E-state index contributed by atoms with van der Waals surface area (Å²) in [6.45, 7) is 6.44. The number of carbonyl (C=O) groups is 3. The first-order chi connectivity index (χ1) is 19.4. The minimum absolute atomic E-state index is 0.173. The van der Waals surface area contributed by atoms with E-state index in [0.717, 1.165) is 68.8 Å². The smallest absolute Gasteiger partial charge is 0.276 e. The number of aromatic nitrogens is 4. The summed E-state index contributed by atoms with van der Waals surface area (Å²) in [6, 6.07) is 9.26. The molecule has 40 heavy (non-hydrogen) atoms. The second-order valence-corrected chi connectivity index (χ2v) is 11.8. The van der Waals surface area contributed by atoms with Gasteiger partial charge in [0.05, 0.1) is 24.5 Å². The van der Waals surface area contributed by atoms with Crippen molar-refractivity contribution in [3.8, 4) is 0 Å². The predicted molar refractivity (Wildman–Crippen MR) is 151 cm³/mol. The lowest BCUT2D eigenvalue weighted by molar-refractivity contribution is -0.138. The Morgan fingerprint density at radius 2 is 1.80 bits per heavy atom. The molecule has 0 radical (unpaired) electrons. The molecule has 0 unspecified atom stereocenters. The Morgan fingerprint density at radius 1 is 1.05 bits per heavy atom. The Hall–Kier alpha value is -3.95. The van der Waals surface area contributed by atoms with Crippen molar-refractivity contribution < 1.29 is 14.4 Å². The standard InChI is InChI=1S/C30H37N7O3/c1-19(2)20-7-9-21(10-8-20)30(40)35-13-11-24(12-14-35)36-18-23(16-31-36)32-28(38)26-15-27-29(39)33-25-6-4-3-5-22(25)17-37(27)34-26/h3-6,15-16,18-21,24H,7-14,17H2,1-2H3,(H,32,38)(H,33,39). The average Bonchev–Trinajstić information content (AvgIpc) is 3.58. The van der Waals surface area contributed by atoms with Crippen LogP contribution in [0.4, 0.5) is 11.4 Å². The van der Waals surface area contributed by atoms with E-state index in [1.807, 2.05) is 40.0 Å². The molecule has 10 nitrogen and oxygen atoms in total. The average molecular weight is 544 g/mol. The van der Waals surface area contributed by atoms with Gasteiger partial charge in [0.2, 0.25) is 5.91 Å². The van der Waals surface area contributed by atoms with Gasteiger partial charge in [-0.25, -0.2) is 0 Å². The summed E-state index contributed by atoms with van der Waals surface area (Å²) in [5.41, 5.74) is 2.76. The van der Waals surface area contributed by atoms with Crippen LogP contribution in [-0.2, 0) is 11.3 Å². The number of nitrogens with one attached hydrogen (secondary N) is 2. The highest BCUT2D eigenvalue weighted by molar-refractivity contribution is 6.08. The number of fused-ring (bicyclic) bond motifs is 2. The summed E-state index contributed by atoms with van der Waals surface area (Å²) in [5, 5.41) is 14.7. The lowest BCUT2D eigenvalue weighted by Gasteiger charge is -2.37. The van der Waals surface area contributed by atoms with Gasteiger partial charge in [-0.05, 0) is 62.0 Å². The largest absolute Gasteiger partial charge is 0.342 e. The van der Waals surface area contributed by atoms with Crippen molar-refractivity contribution in [3.05, 3.63) is 59.7 Å².